The van der Waals surface area contributed by atoms with Crippen molar-refractivity contribution < 1.29 is 14.6 Å². The Labute approximate surface area is 78.1 Å². The van der Waals surface area contributed by atoms with E-state index < -0.39 is 17.5 Å². The van der Waals surface area contributed by atoms with Gasteiger partial charge in [-0.25, -0.2) is 0 Å². The molecule has 0 heterocycles. The van der Waals surface area contributed by atoms with Crippen LogP contribution >= 0.6 is 0 Å². The summed E-state index contributed by atoms with van der Waals surface area (Å²) < 4.78 is 4.70. The summed E-state index contributed by atoms with van der Waals surface area (Å²) in [5.74, 6) is -0.660. The van der Waals surface area contributed by atoms with Crippen molar-refractivity contribution in [3.8, 4) is 6.07 Å². The van der Waals surface area contributed by atoms with Gasteiger partial charge in [0, 0.05) is 0 Å². The third-order valence-corrected chi connectivity index (χ3v) is 1.98. The highest BCUT2D eigenvalue weighted by molar-refractivity contribution is 5.80. The maximum absolute atomic E-state index is 11.3. The Balaban J connectivity index is 4.64. The summed E-state index contributed by atoms with van der Waals surface area (Å²) in [6.45, 7) is 4.97. The maximum Gasteiger partial charge on any atom is 0.328 e. The van der Waals surface area contributed by atoms with E-state index in [4.69, 9.17) is 10.00 Å². The van der Waals surface area contributed by atoms with Gasteiger partial charge in [-0.15, -0.1) is 0 Å². The molecule has 4 nitrogen and oxygen atoms in total. The molecular formula is C9H15NO3. The number of rotatable bonds is 4. The van der Waals surface area contributed by atoms with Crippen LogP contribution in [-0.2, 0) is 9.53 Å². The van der Waals surface area contributed by atoms with Crippen LogP contribution in [0.25, 0.3) is 0 Å². The third kappa shape index (κ3) is 2.43. The van der Waals surface area contributed by atoms with Gasteiger partial charge in [-0.3, -0.25) is 4.79 Å². The van der Waals surface area contributed by atoms with Gasteiger partial charge in [-0.05, 0) is 20.3 Å². The lowest BCUT2D eigenvalue weighted by molar-refractivity contribution is -0.156. The Morgan fingerprint density at radius 1 is 1.69 bits per heavy atom. The van der Waals surface area contributed by atoms with Gasteiger partial charge in [-0.2, -0.15) is 5.26 Å². The molecule has 0 aromatic rings. The first-order valence-electron chi connectivity index (χ1n) is 4.29. The zero-order chi connectivity index (χ0) is 10.5. The molecular weight excluding hydrogens is 170 g/mol. The number of esters is 1. The number of carbonyl (C=O) groups is 1. The summed E-state index contributed by atoms with van der Waals surface area (Å²) in [6.07, 6.45) is -0.625. The summed E-state index contributed by atoms with van der Waals surface area (Å²) in [6, 6.07) is 1.79. The van der Waals surface area contributed by atoms with Crippen molar-refractivity contribution in [3.63, 3.8) is 0 Å². The summed E-state index contributed by atoms with van der Waals surface area (Å²) in [4.78, 5) is 11.3. The number of nitrogens with zero attached hydrogens (tertiary/aromatic N) is 1. The van der Waals surface area contributed by atoms with E-state index in [9.17, 15) is 9.90 Å². The van der Waals surface area contributed by atoms with Crippen LogP contribution in [0.4, 0.5) is 0 Å². The van der Waals surface area contributed by atoms with Gasteiger partial charge in [0.1, 0.15) is 0 Å². The van der Waals surface area contributed by atoms with E-state index in [-0.39, 0.29) is 6.61 Å². The average Bonchev–Trinajstić information content (AvgIpc) is 2.15. The van der Waals surface area contributed by atoms with Crippen molar-refractivity contribution in [1.29, 1.82) is 5.26 Å². The number of hydrogen-bond acceptors (Lipinski definition) is 4. The molecule has 0 aliphatic heterocycles. The molecule has 0 amide bonds. The average molecular weight is 185 g/mol. The lowest BCUT2D eigenvalue weighted by atomic mass is 9.84. The smallest absolute Gasteiger partial charge is 0.328 e. The lowest BCUT2D eigenvalue weighted by Crippen LogP contribution is -2.39. The summed E-state index contributed by atoms with van der Waals surface area (Å²) in [5.41, 5.74) is -1.44. The first-order chi connectivity index (χ1) is 6.02. The van der Waals surface area contributed by atoms with Gasteiger partial charge in [0.15, 0.2) is 5.41 Å². The minimum atomic E-state index is -1.44. The summed E-state index contributed by atoms with van der Waals surface area (Å²) in [5, 5.41) is 18.2. The zero-order valence-electron chi connectivity index (χ0n) is 8.20. The van der Waals surface area contributed by atoms with Crippen molar-refractivity contribution in [2.45, 2.75) is 33.3 Å². The van der Waals surface area contributed by atoms with Crippen molar-refractivity contribution in [2.24, 2.45) is 5.41 Å². The molecule has 0 radical (unpaired) electrons. The highest BCUT2D eigenvalue weighted by Crippen LogP contribution is 2.24. The highest BCUT2D eigenvalue weighted by Gasteiger charge is 2.41. The molecule has 0 spiro atoms. The molecule has 4 heteroatoms. The van der Waals surface area contributed by atoms with Gasteiger partial charge in [0.05, 0.1) is 18.8 Å². The van der Waals surface area contributed by atoms with E-state index in [1.165, 1.54) is 6.92 Å². The normalized spacial score (nSPS) is 16.8. The van der Waals surface area contributed by atoms with Crippen LogP contribution in [0.3, 0.4) is 0 Å². The number of nitriles is 1. The van der Waals surface area contributed by atoms with Gasteiger partial charge in [-0.1, -0.05) is 6.92 Å². The van der Waals surface area contributed by atoms with E-state index >= 15 is 0 Å². The van der Waals surface area contributed by atoms with Crippen LogP contribution < -0.4 is 0 Å². The minimum absolute atomic E-state index is 0.215. The zero-order valence-corrected chi connectivity index (χ0v) is 8.20. The fourth-order valence-corrected chi connectivity index (χ4v) is 0.945. The second kappa shape index (κ2) is 4.83. The largest absolute Gasteiger partial charge is 0.465 e. The molecule has 0 aliphatic carbocycles. The molecule has 0 rings (SSSR count). The molecule has 0 bridgehead atoms. The Hall–Kier alpha value is -1.08. The van der Waals surface area contributed by atoms with Gasteiger partial charge >= 0.3 is 5.97 Å². The number of hydrogen-bond donors (Lipinski definition) is 1. The number of aliphatic hydroxyl groups is 1. The highest BCUT2D eigenvalue weighted by atomic mass is 16.5. The molecule has 2 atom stereocenters. The van der Waals surface area contributed by atoms with Crippen molar-refractivity contribution >= 4 is 5.97 Å². The lowest BCUT2D eigenvalue weighted by Gasteiger charge is -2.23. The molecule has 0 saturated heterocycles. The Bertz CT molecular complexity index is 221. The molecule has 1 N–H and O–H groups in total. The van der Waals surface area contributed by atoms with Crippen LogP contribution in [-0.4, -0.2) is 23.8 Å². The minimum Gasteiger partial charge on any atom is -0.465 e. The SMILES string of the molecule is CCOC(=O)[C@@](C)(C#N)[C@H](O)CC. The monoisotopic (exact) mass is 185 g/mol. The molecule has 0 aromatic carbocycles. The van der Waals surface area contributed by atoms with Gasteiger partial charge in [0.2, 0.25) is 0 Å². The fraction of sp³-hybridized carbons (Fsp3) is 0.778. The number of ether oxygens (including phenoxy) is 1. The van der Waals surface area contributed by atoms with E-state index in [1.54, 1.807) is 19.9 Å². The molecule has 0 aliphatic rings. The molecule has 0 fully saturated rings. The van der Waals surface area contributed by atoms with Crippen LogP contribution in [0.1, 0.15) is 27.2 Å². The van der Waals surface area contributed by atoms with Crippen LogP contribution in [0.15, 0.2) is 0 Å². The van der Waals surface area contributed by atoms with Crippen molar-refractivity contribution in [2.75, 3.05) is 6.61 Å². The Morgan fingerprint density at radius 3 is 2.54 bits per heavy atom. The molecule has 0 aromatic heterocycles. The van der Waals surface area contributed by atoms with Crippen molar-refractivity contribution in [1.82, 2.24) is 0 Å². The van der Waals surface area contributed by atoms with Gasteiger partial charge < -0.3 is 9.84 Å². The van der Waals surface area contributed by atoms with E-state index in [0.29, 0.717) is 6.42 Å². The first kappa shape index (κ1) is 11.9. The Morgan fingerprint density at radius 2 is 2.23 bits per heavy atom. The third-order valence-electron chi connectivity index (χ3n) is 1.98. The second-order valence-corrected chi connectivity index (χ2v) is 2.96. The van der Waals surface area contributed by atoms with E-state index in [0.717, 1.165) is 0 Å². The summed E-state index contributed by atoms with van der Waals surface area (Å²) in [7, 11) is 0. The number of aliphatic hydroxyl groups excluding tert-OH is 1. The number of carbonyl (C=O) groups excluding carboxylic acids is 1. The van der Waals surface area contributed by atoms with Crippen LogP contribution in [0, 0.1) is 16.7 Å². The molecule has 13 heavy (non-hydrogen) atoms. The topological polar surface area (TPSA) is 70.3 Å². The second-order valence-electron chi connectivity index (χ2n) is 2.96. The predicted octanol–water partition coefficient (Wildman–Crippen LogP) is 0.850. The van der Waals surface area contributed by atoms with E-state index in [2.05, 4.69) is 0 Å². The Kier molecular flexibility index (Phi) is 4.43. The van der Waals surface area contributed by atoms with Crippen LogP contribution in [0.2, 0.25) is 0 Å². The van der Waals surface area contributed by atoms with Crippen LogP contribution in [0.5, 0.6) is 0 Å². The van der Waals surface area contributed by atoms with Crippen molar-refractivity contribution in [3.05, 3.63) is 0 Å². The molecule has 74 valence electrons. The van der Waals surface area contributed by atoms with Gasteiger partial charge in [0.25, 0.3) is 0 Å². The maximum atomic E-state index is 11.3. The van der Waals surface area contributed by atoms with E-state index in [1.807, 2.05) is 0 Å². The fourth-order valence-electron chi connectivity index (χ4n) is 0.945. The predicted molar refractivity (Wildman–Crippen MR) is 46.7 cm³/mol. The standard InChI is InChI=1S/C9H15NO3/c1-4-7(11)9(3,6-10)8(12)13-5-2/h7,11H,4-5H2,1-3H3/t7-,9+/m1/s1. The molecule has 0 saturated carbocycles. The first-order valence-corrected chi connectivity index (χ1v) is 4.29. The molecule has 0 unspecified atom stereocenters. The summed E-state index contributed by atoms with van der Waals surface area (Å²) >= 11 is 0. The quantitative estimate of drug-likeness (QED) is 0.659.